The van der Waals surface area contributed by atoms with Crippen molar-refractivity contribution in [2.45, 2.75) is 33.7 Å². The van der Waals surface area contributed by atoms with Gasteiger partial charge in [0.2, 0.25) is 0 Å². The summed E-state index contributed by atoms with van der Waals surface area (Å²) in [7, 11) is 0. The van der Waals surface area contributed by atoms with E-state index in [4.69, 9.17) is 5.73 Å². The van der Waals surface area contributed by atoms with Crippen LogP contribution in [0.1, 0.15) is 42.3 Å². The Bertz CT molecular complexity index is 509. The fourth-order valence-electron chi connectivity index (χ4n) is 1.56. The molecule has 1 aromatic rings. The predicted octanol–water partition coefficient (Wildman–Crippen LogP) is 2.08. The molecule has 19 heavy (non-hydrogen) atoms. The average Bonchev–Trinajstić information content (AvgIpc) is 2.35. The number of aryl methyl sites for hydroxylation is 1. The lowest BCUT2D eigenvalue weighted by molar-refractivity contribution is 0.0930. The van der Waals surface area contributed by atoms with Gasteiger partial charge in [0.25, 0.3) is 5.91 Å². The van der Waals surface area contributed by atoms with E-state index in [0.717, 1.165) is 11.1 Å². The summed E-state index contributed by atoms with van der Waals surface area (Å²) >= 11 is 0. The van der Waals surface area contributed by atoms with E-state index >= 15 is 0 Å². The second-order valence-electron chi connectivity index (χ2n) is 5.06. The van der Waals surface area contributed by atoms with Crippen LogP contribution >= 0.6 is 0 Å². The van der Waals surface area contributed by atoms with Crippen molar-refractivity contribution in [3.05, 3.63) is 34.9 Å². The van der Waals surface area contributed by atoms with Gasteiger partial charge in [-0.25, -0.2) is 0 Å². The van der Waals surface area contributed by atoms with E-state index in [9.17, 15) is 4.79 Å². The molecular formula is C16H22N2O. The summed E-state index contributed by atoms with van der Waals surface area (Å²) in [5.74, 6) is 6.08. The second-order valence-corrected chi connectivity index (χ2v) is 5.06. The van der Waals surface area contributed by atoms with Crippen molar-refractivity contribution in [2.24, 2.45) is 11.7 Å². The molecule has 0 fully saturated rings. The zero-order chi connectivity index (χ0) is 14.4. The standard InChI is InChI=1S/C16H22N2O/c1-11(2)13(4)18-16(19)15-8-7-12(3)10-14(15)6-5-9-17/h7-8,10-11,13H,9,17H2,1-4H3,(H,18,19). The van der Waals surface area contributed by atoms with E-state index in [1.54, 1.807) is 0 Å². The van der Waals surface area contributed by atoms with Crippen LogP contribution in [0, 0.1) is 24.7 Å². The number of nitrogens with one attached hydrogen (secondary N) is 1. The van der Waals surface area contributed by atoms with Gasteiger partial charge in [-0.1, -0.05) is 31.8 Å². The van der Waals surface area contributed by atoms with Crippen LogP contribution in [-0.4, -0.2) is 18.5 Å². The first kappa shape index (κ1) is 15.3. The highest BCUT2D eigenvalue weighted by Crippen LogP contribution is 2.12. The highest BCUT2D eigenvalue weighted by Gasteiger charge is 2.14. The number of nitrogens with two attached hydrogens (primary N) is 1. The van der Waals surface area contributed by atoms with Crippen LogP contribution < -0.4 is 11.1 Å². The molecule has 102 valence electrons. The second kappa shape index (κ2) is 6.96. The normalized spacial score (nSPS) is 11.7. The van der Waals surface area contributed by atoms with Gasteiger partial charge in [0.05, 0.1) is 12.1 Å². The van der Waals surface area contributed by atoms with Crippen molar-refractivity contribution in [3.8, 4) is 11.8 Å². The summed E-state index contributed by atoms with van der Waals surface area (Å²) in [6.07, 6.45) is 0. The number of amides is 1. The average molecular weight is 258 g/mol. The molecule has 0 aliphatic heterocycles. The Labute approximate surface area is 115 Å². The fourth-order valence-corrected chi connectivity index (χ4v) is 1.56. The smallest absolute Gasteiger partial charge is 0.252 e. The van der Waals surface area contributed by atoms with Gasteiger partial charge >= 0.3 is 0 Å². The molecule has 0 heterocycles. The Kier molecular flexibility index (Phi) is 5.59. The van der Waals surface area contributed by atoms with Crippen LogP contribution in [0.25, 0.3) is 0 Å². The molecule has 0 saturated carbocycles. The van der Waals surface area contributed by atoms with Crippen molar-refractivity contribution in [3.63, 3.8) is 0 Å². The Morgan fingerprint density at radius 3 is 2.63 bits per heavy atom. The first-order valence-electron chi connectivity index (χ1n) is 6.56. The topological polar surface area (TPSA) is 55.1 Å². The molecule has 0 aromatic heterocycles. The molecule has 1 atom stereocenters. The SMILES string of the molecule is Cc1ccc(C(=O)NC(C)C(C)C)c(C#CCN)c1. The minimum Gasteiger partial charge on any atom is -0.349 e. The molecule has 3 heteroatoms. The quantitative estimate of drug-likeness (QED) is 0.816. The van der Waals surface area contributed by atoms with Crippen LogP contribution in [0.3, 0.4) is 0 Å². The van der Waals surface area contributed by atoms with E-state index in [0.29, 0.717) is 11.5 Å². The van der Waals surface area contributed by atoms with Gasteiger partial charge in [0.1, 0.15) is 0 Å². The fraction of sp³-hybridized carbons (Fsp3) is 0.438. The van der Waals surface area contributed by atoms with Crippen molar-refractivity contribution < 1.29 is 4.79 Å². The minimum atomic E-state index is -0.0810. The number of benzene rings is 1. The lowest BCUT2D eigenvalue weighted by atomic mass is 10.0. The minimum absolute atomic E-state index is 0.0810. The van der Waals surface area contributed by atoms with E-state index in [-0.39, 0.29) is 18.5 Å². The van der Waals surface area contributed by atoms with E-state index in [1.165, 1.54) is 0 Å². The van der Waals surface area contributed by atoms with E-state index in [1.807, 2.05) is 32.0 Å². The third-order valence-electron chi connectivity index (χ3n) is 3.10. The molecule has 1 aromatic carbocycles. The Balaban J connectivity index is 3.02. The first-order valence-corrected chi connectivity index (χ1v) is 6.56. The lowest BCUT2D eigenvalue weighted by Gasteiger charge is -2.18. The van der Waals surface area contributed by atoms with Crippen molar-refractivity contribution in [2.75, 3.05) is 6.54 Å². The monoisotopic (exact) mass is 258 g/mol. The maximum atomic E-state index is 12.2. The summed E-state index contributed by atoms with van der Waals surface area (Å²) in [5, 5.41) is 2.99. The molecule has 1 rings (SSSR count). The highest BCUT2D eigenvalue weighted by molar-refractivity contribution is 5.97. The lowest BCUT2D eigenvalue weighted by Crippen LogP contribution is -2.36. The van der Waals surface area contributed by atoms with Crippen LogP contribution in [-0.2, 0) is 0 Å². The van der Waals surface area contributed by atoms with E-state index in [2.05, 4.69) is 31.0 Å². The van der Waals surface area contributed by atoms with Gasteiger partial charge in [-0.05, 0) is 37.5 Å². The molecule has 0 radical (unpaired) electrons. The molecule has 3 N–H and O–H groups in total. The van der Waals surface area contributed by atoms with Crippen LogP contribution in [0.2, 0.25) is 0 Å². The predicted molar refractivity (Wildman–Crippen MR) is 78.9 cm³/mol. The van der Waals surface area contributed by atoms with Gasteiger partial charge in [-0.2, -0.15) is 0 Å². The number of carbonyl (C=O) groups excluding carboxylic acids is 1. The van der Waals surface area contributed by atoms with Crippen LogP contribution in [0.15, 0.2) is 18.2 Å². The largest absolute Gasteiger partial charge is 0.349 e. The van der Waals surface area contributed by atoms with Crippen molar-refractivity contribution in [1.82, 2.24) is 5.32 Å². The van der Waals surface area contributed by atoms with Crippen molar-refractivity contribution >= 4 is 5.91 Å². The van der Waals surface area contributed by atoms with Gasteiger partial charge in [-0.15, -0.1) is 0 Å². The van der Waals surface area contributed by atoms with Crippen LogP contribution in [0.5, 0.6) is 0 Å². The highest BCUT2D eigenvalue weighted by atomic mass is 16.1. The molecule has 1 unspecified atom stereocenters. The van der Waals surface area contributed by atoms with Crippen LogP contribution in [0.4, 0.5) is 0 Å². The van der Waals surface area contributed by atoms with Crippen molar-refractivity contribution in [1.29, 1.82) is 0 Å². The Morgan fingerprint density at radius 2 is 2.05 bits per heavy atom. The summed E-state index contributed by atoms with van der Waals surface area (Å²) < 4.78 is 0. The molecular weight excluding hydrogens is 236 g/mol. The number of hydrogen-bond donors (Lipinski definition) is 2. The van der Waals surface area contributed by atoms with Gasteiger partial charge in [0.15, 0.2) is 0 Å². The summed E-state index contributed by atoms with van der Waals surface area (Å²) in [4.78, 5) is 12.2. The Morgan fingerprint density at radius 1 is 1.37 bits per heavy atom. The van der Waals surface area contributed by atoms with E-state index < -0.39 is 0 Å². The van der Waals surface area contributed by atoms with Gasteiger partial charge < -0.3 is 11.1 Å². The van der Waals surface area contributed by atoms with Gasteiger partial charge in [0, 0.05) is 11.6 Å². The zero-order valence-corrected chi connectivity index (χ0v) is 12.1. The van der Waals surface area contributed by atoms with Gasteiger partial charge in [-0.3, -0.25) is 4.79 Å². The zero-order valence-electron chi connectivity index (χ0n) is 12.1. The molecule has 0 aliphatic rings. The number of carbonyl (C=O) groups is 1. The Hall–Kier alpha value is -1.79. The molecule has 0 saturated heterocycles. The maximum absolute atomic E-state index is 12.2. The molecule has 0 aliphatic carbocycles. The summed E-state index contributed by atoms with van der Waals surface area (Å²) in [6.45, 7) is 8.43. The molecule has 0 spiro atoms. The summed E-state index contributed by atoms with van der Waals surface area (Å²) in [6, 6.07) is 5.78. The molecule has 0 bridgehead atoms. The molecule has 1 amide bonds. The summed E-state index contributed by atoms with van der Waals surface area (Å²) in [5.41, 5.74) is 7.81. The number of rotatable bonds is 3. The number of hydrogen-bond acceptors (Lipinski definition) is 2. The first-order chi connectivity index (χ1) is 8.95. The third-order valence-corrected chi connectivity index (χ3v) is 3.10. The third kappa shape index (κ3) is 4.42. The molecule has 3 nitrogen and oxygen atoms in total. The maximum Gasteiger partial charge on any atom is 0.252 e.